The average Bonchev–Trinajstić information content (AvgIpc) is 1.74. The zero-order chi connectivity index (χ0) is 12.4. The molecule has 0 aromatic rings. The molecule has 0 rings (SSSR count). The third-order valence-corrected chi connectivity index (χ3v) is 1.08. The van der Waals surface area contributed by atoms with E-state index in [0.29, 0.717) is 0 Å². The fourth-order valence-corrected chi connectivity index (χ4v) is 0.629. The lowest BCUT2D eigenvalue weighted by Crippen LogP contribution is -2.30. The molecular weight excluding hydrogens is 223 g/mol. The number of alkyl halides is 3. The first-order valence-corrected chi connectivity index (χ1v) is 3.81. The van der Waals surface area contributed by atoms with Crippen LogP contribution < -0.4 is 0 Å². The van der Waals surface area contributed by atoms with Gasteiger partial charge in [0.15, 0.2) is 0 Å². The van der Waals surface area contributed by atoms with Crippen LogP contribution in [0.25, 0.3) is 0 Å². The molecule has 0 aliphatic carbocycles. The van der Waals surface area contributed by atoms with Crippen molar-refractivity contribution in [3.05, 3.63) is 11.7 Å². The summed E-state index contributed by atoms with van der Waals surface area (Å²) in [5.74, 6) is -2.07. The zero-order valence-electron chi connectivity index (χ0n) is 8.21. The van der Waals surface area contributed by atoms with E-state index in [9.17, 15) is 26.7 Å². The fraction of sp³-hybridized carbons (Fsp3) is 0.625. The summed E-state index contributed by atoms with van der Waals surface area (Å²) in [5, 5.41) is 0. The van der Waals surface area contributed by atoms with Crippen molar-refractivity contribution in [2.45, 2.75) is 32.5 Å². The van der Waals surface area contributed by atoms with Crippen molar-refractivity contribution in [2.75, 3.05) is 0 Å². The molecule has 0 heterocycles. The molecule has 0 unspecified atom stereocenters. The molecule has 0 aliphatic rings. The third kappa shape index (κ3) is 4.75. The Hall–Kier alpha value is -1.14. The van der Waals surface area contributed by atoms with E-state index in [2.05, 4.69) is 4.74 Å². The molecule has 15 heavy (non-hydrogen) atoms. The molecule has 0 atom stereocenters. The first-order chi connectivity index (χ1) is 6.45. The number of carbonyl (C=O) groups is 1. The summed E-state index contributed by atoms with van der Waals surface area (Å²) < 4.78 is 63.8. The van der Waals surface area contributed by atoms with Gasteiger partial charge in [0.25, 0.3) is 6.08 Å². The standard InChI is InChI=1S/C8H9F5O2/c1-7(2,3)15-6(14)4(5(9)10)8(11,12)13/h1-3H3. The summed E-state index contributed by atoms with van der Waals surface area (Å²) in [4.78, 5) is 10.8. The second kappa shape index (κ2) is 4.16. The Morgan fingerprint density at radius 1 is 1.07 bits per heavy atom. The molecule has 0 amide bonds. The number of hydrogen-bond acceptors (Lipinski definition) is 2. The quantitative estimate of drug-likeness (QED) is 0.394. The van der Waals surface area contributed by atoms with Gasteiger partial charge in [0.05, 0.1) is 0 Å². The first-order valence-electron chi connectivity index (χ1n) is 3.81. The van der Waals surface area contributed by atoms with Crippen LogP contribution in [0.4, 0.5) is 22.0 Å². The lowest BCUT2D eigenvalue weighted by molar-refractivity contribution is -0.161. The van der Waals surface area contributed by atoms with Crippen LogP contribution in [0, 0.1) is 0 Å². The third-order valence-electron chi connectivity index (χ3n) is 1.08. The Bertz CT molecular complexity index is 280. The number of hydrogen-bond donors (Lipinski definition) is 0. The molecule has 0 aromatic heterocycles. The van der Waals surface area contributed by atoms with Gasteiger partial charge in [-0.15, -0.1) is 0 Å². The molecule has 0 spiro atoms. The van der Waals surface area contributed by atoms with Crippen LogP contribution in [0.2, 0.25) is 0 Å². The summed E-state index contributed by atoms with van der Waals surface area (Å²) in [6, 6.07) is 0. The fourth-order valence-electron chi connectivity index (χ4n) is 0.629. The Morgan fingerprint density at radius 2 is 1.47 bits per heavy atom. The van der Waals surface area contributed by atoms with Crippen LogP contribution in [0.1, 0.15) is 20.8 Å². The molecule has 7 heteroatoms. The average molecular weight is 232 g/mol. The van der Waals surface area contributed by atoms with Gasteiger partial charge in [0.1, 0.15) is 5.60 Å². The summed E-state index contributed by atoms with van der Waals surface area (Å²) in [7, 11) is 0. The molecule has 88 valence electrons. The maximum atomic E-state index is 12.0. The smallest absolute Gasteiger partial charge is 0.428 e. The maximum absolute atomic E-state index is 12.0. The molecule has 0 radical (unpaired) electrons. The van der Waals surface area contributed by atoms with E-state index in [4.69, 9.17) is 0 Å². The summed E-state index contributed by atoms with van der Waals surface area (Å²) in [6.07, 6.45) is -8.52. The second-order valence-electron chi connectivity index (χ2n) is 3.64. The lowest BCUT2D eigenvalue weighted by atomic mass is 10.2. The summed E-state index contributed by atoms with van der Waals surface area (Å²) in [6.45, 7) is 3.82. The first kappa shape index (κ1) is 13.9. The van der Waals surface area contributed by atoms with E-state index in [1.807, 2.05) is 0 Å². The van der Waals surface area contributed by atoms with E-state index >= 15 is 0 Å². The highest BCUT2D eigenvalue weighted by Crippen LogP contribution is 2.31. The van der Waals surface area contributed by atoms with Crippen LogP contribution in [-0.4, -0.2) is 17.7 Å². The van der Waals surface area contributed by atoms with E-state index in [0.717, 1.165) is 0 Å². The number of carbonyl (C=O) groups excluding carboxylic acids is 1. The van der Waals surface area contributed by atoms with Crippen molar-refractivity contribution in [1.82, 2.24) is 0 Å². The molecule has 0 bridgehead atoms. The van der Waals surface area contributed by atoms with Gasteiger partial charge in [0.2, 0.25) is 5.57 Å². The number of rotatable bonds is 1. The van der Waals surface area contributed by atoms with E-state index in [1.165, 1.54) is 20.8 Å². The van der Waals surface area contributed by atoms with Gasteiger partial charge < -0.3 is 4.74 Å². The Morgan fingerprint density at radius 3 is 1.67 bits per heavy atom. The van der Waals surface area contributed by atoms with Crippen LogP contribution in [0.15, 0.2) is 11.7 Å². The monoisotopic (exact) mass is 232 g/mol. The predicted molar refractivity (Wildman–Crippen MR) is 41.1 cm³/mol. The van der Waals surface area contributed by atoms with E-state index in [1.54, 1.807) is 0 Å². The van der Waals surface area contributed by atoms with E-state index < -0.39 is 29.4 Å². The lowest BCUT2D eigenvalue weighted by Gasteiger charge is -2.20. The SMILES string of the molecule is CC(C)(C)OC(=O)C(=C(F)F)C(F)(F)F. The highest BCUT2D eigenvalue weighted by Gasteiger charge is 2.45. The Balaban J connectivity index is 5.02. The summed E-state index contributed by atoms with van der Waals surface area (Å²) >= 11 is 0. The molecule has 0 aromatic carbocycles. The van der Waals surface area contributed by atoms with Crippen LogP contribution in [0.5, 0.6) is 0 Å². The van der Waals surface area contributed by atoms with Crippen molar-refractivity contribution < 1.29 is 31.5 Å². The number of esters is 1. The van der Waals surface area contributed by atoms with Gasteiger partial charge >= 0.3 is 12.1 Å². The largest absolute Gasteiger partial charge is 0.456 e. The molecule has 0 fully saturated rings. The van der Waals surface area contributed by atoms with Gasteiger partial charge in [0, 0.05) is 0 Å². The topological polar surface area (TPSA) is 26.3 Å². The number of halogens is 5. The minimum absolute atomic E-state index is 1.26. The molecular formula is C8H9F5O2. The molecule has 0 aliphatic heterocycles. The van der Waals surface area contributed by atoms with Gasteiger partial charge in [-0.3, -0.25) is 0 Å². The normalized spacial score (nSPS) is 12.3. The van der Waals surface area contributed by atoms with Crippen LogP contribution in [-0.2, 0) is 9.53 Å². The molecule has 0 saturated carbocycles. The Labute approximate surface area is 82.7 Å². The molecule has 0 N–H and O–H groups in total. The van der Waals surface area contributed by atoms with Crippen molar-refractivity contribution in [2.24, 2.45) is 0 Å². The van der Waals surface area contributed by atoms with Crippen molar-refractivity contribution in [1.29, 1.82) is 0 Å². The van der Waals surface area contributed by atoms with Gasteiger partial charge in [-0.2, -0.15) is 22.0 Å². The Kier molecular flexibility index (Phi) is 3.84. The zero-order valence-corrected chi connectivity index (χ0v) is 8.21. The van der Waals surface area contributed by atoms with Crippen LogP contribution in [0.3, 0.4) is 0 Å². The predicted octanol–water partition coefficient (Wildman–Crippen LogP) is 3.04. The second-order valence-corrected chi connectivity index (χ2v) is 3.64. The highest BCUT2D eigenvalue weighted by molar-refractivity contribution is 5.90. The number of ether oxygens (including phenoxy) is 1. The van der Waals surface area contributed by atoms with Crippen molar-refractivity contribution in [3.8, 4) is 0 Å². The van der Waals surface area contributed by atoms with Crippen molar-refractivity contribution in [3.63, 3.8) is 0 Å². The maximum Gasteiger partial charge on any atom is 0.428 e. The molecule has 2 nitrogen and oxygen atoms in total. The van der Waals surface area contributed by atoms with Gasteiger partial charge in [-0.25, -0.2) is 4.79 Å². The molecule has 0 saturated heterocycles. The van der Waals surface area contributed by atoms with Crippen molar-refractivity contribution >= 4 is 5.97 Å². The van der Waals surface area contributed by atoms with Gasteiger partial charge in [-0.05, 0) is 20.8 Å². The van der Waals surface area contributed by atoms with E-state index in [-0.39, 0.29) is 0 Å². The highest BCUT2D eigenvalue weighted by atomic mass is 19.4. The minimum atomic E-state index is -5.42. The van der Waals surface area contributed by atoms with Crippen LogP contribution >= 0.6 is 0 Å². The van der Waals surface area contributed by atoms with Gasteiger partial charge in [-0.1, -0.05) is 0 Å². The summed E-state index contributed by atoms with van der Waals surface area (Å²) in [5.41, 5.74) is -3.82. The minimum Gasteiger partial charge on any atom is -0.456 e.